The van der Waals surface area contributed by atoms with Gasteiger partial charge in [-0.25, -0.2) is 0 Å². The van der Waals surface area contributed by atoms with Crippen molar-refractivity contribution in [2.75, 3.05) is 0 Å². The van der Waals surface area contributed by atoms with Gasteiger partial charge in [0.2, 0.25) is 0 Å². The van der Waals surface area contributed by atoms with Crippen LogP contribution in [0.2, 0.25) is 0 Å². The van der Waals surface area contributed by atoms with E-state index in [-0.39, 0.29) is 0 Å². The fourth-order valence-electron chi connectivity index (χ4n) is 6.50. The molecule has 0 saturated heterocycles. The summed E-state index contributed by atoms with van der Waals surface area (Å²) >= 11 is 0. The molecule has 3 heteroatoms. The summed E-state index contributed by atoms with van der Waals surface area (Å²) < 4.78 is 14.9. The second-order valence-corrected chi connectivity index (χ2v) is 11.2. The Morgan fingerprint density at radius 3 is 1.86 bits per heavy atom. The lowest BCUT2D eigenvalue weighted by Crippen LogP contribution is -1.92. The van der Waals surface area contributed by atoms with Crippen molar-refractivity contribution >= 4 is 71.3 Å². The maximum Gasteiger partial charge on any atom is 0.139 e. The van der Waals surface area contributed by atoms with Crippen molar-refractivity contribution < 1.29 is 8.83 Å². The first kappa shape index (κ1) is 23.2. The maximum atomic E-state index is 6.31. The summed E-state index contributed by atoms with van der Waals surface area (Å²) in [7, 11) is 0. The van der Waals surface area contributed by atoms with E-state index in [2.05, 4.69) is 120 Å². The maximum absolute atomic E-state index is 6.31. The van der Waals surface area contributed by atoms with Crippen LogP contribution < -0.4 is 0 Å². The van der Waals surface area contributed by atoms with E-state index in [0.717, 1.165) is 66.3 Å². The number of aromatic nitrogens is 1. The van der Waals surface area contributed by atoms with Crippen LogP contribution in [0.25, 0.3) is 88.1 Å². The topological polar surface area (TPSA) is 31.2 Å². The average Bonchev–Trinajstić information content (AvgIpc) is 3.68. The third-order valence-electron chi connectivity index (χ3n) is 8.57. The van der Waals surface area contributed by atoms with Crippen LogP contribution in [0.4, 0.5) is 0 Å². The van der Waals surface area contributed by atoms with Gasteiger partial charge in [0.25, 0.3) is 0 Å². The molecule has 0 radical (unpaired) electrons. The number of rotatable bonds is 3. The van der Waals surface area contributed by atoms with Gasteiger partial charge >= 0.3 is 0 Å². The van der Waals surface area contributed by atoms with Crippen molar-refractivity contribution in [2.24, 2.45) is 0 Å². The first-order chi connectivity index (χ1) is 20.6. The minimum Gasteiger partial charge on any atom is -0.456 e. The molecule has 0 spiro atoms. The van der Waals surface area contributed by atoms with E-state index in [1.165, 1.54) is 27.4 Å². The van der Waals surface area contributed by atoms with Gasteiger partial charge in [0, 0.05) is 44.1 Å². The Morgan fingerprint density at radius 2 is 1.10 bits per heavy atom. The molecule has 0 N–H and O–H groups in total. The Hall–Kier alpha value is -5.54. The summed E-state index contributed by atoms with van der Waals surface area (Å²) in [4.78, 5) is 0. The molecule has 0 amide bonds. The van der Waals surface area contributed by atoms with Crippen LogP contribution in [0.15, 0.2) is 137 Å². The highest BCUT2D eigenvalue weighted by Crippen LogP contribution is 2.40. The van der Waals surface area contributed by atoms with Gasteiger partial charge in [-0.3, -0.25) is 0 Å². The summed E-state index contributed by atoms with van der Waals surface area (Å²) in [6, 6.07) is 43.0. The molecular formula is C39H25NO2. The Bertz CT molecular complexity index is 2540. The number of hydrogen-bond donors (Lipinski definition) is 0. The summed E-state index contributed by atoms with van der Waals surface area (Å²) in [5.41, 5.74) is 11.5. The fourth-order valence-corrected chi connectivity index (χ4v) is 6.50. The van der Waals surface area contributed by atoms with Gasteiger partial charge in [-0.2, -0.15) is 0 Å². The van der Waals surface area contributed by atoms with Gasteiger partial charge in [-0.05, 0) is 84.3 Å². The molecule has 9 rings (SSSR count). The number of fused-ring (bicyclic) bond motifs is 9. The van der Waals surface area contributed by atoms with Crippen molar-refractivity contribution in [3.63, 3.8) is 0 Å². The van der Waals surface area contributed by atoms with Crippen molar-refractivity contribution in [1.82, 2.24) is 4.57 Å². The first-order valence-electron chi connectivity index (χ1n) is 14.2. The smallest absolute Gasteiger partial charge is 0.139 e. The molecule has 198 valence electrons. The van der Waals surface area contributed by atoms with Gasteiger partial charge in [0.1, 0.15) is 22.3 Å². The highest BCUT2D eigenvalue weighted by Gasteiger charge is 2.16. The summed E-state index contributed by atoms with van der Waals surface area (Å²) in [6.07, 6.45) is 0. The number of hydrogen-bond acceptors (Lipinski definition) is 2. The van der Waals surface area contributed by atoms with Crippen molar-refractivity contribution in [3.8, 4) is 16.8 Å². The van der Waals surface area contributed by atoms with E-state index in [1.54, 1.807) is 0 Å². The summed E-state index contributed by atoms with van der Waals surface area (Å²) in [5, 5.41) is 6.86. The van der Waals surface area contributed by atoms with Crippen LogP contribution >= 0.6 is 0 Å². The molecule has 3 heterocycles. The van der Waals surface area contributed by atoms with Crippen LogP contribution in [0.5, 0.6) is 0 Å². The van der Waals surface area contributed by atoms with Crippen molar-refractivity contribution in [1.29, 1.82) is 0 Å². The third-order valence-corrected chi connectivity index (χ3v) is 8.57. The van der Waals surface area contributed by atoms with E-state index < -0.39 is 0 Å². The lowest BCUT2D eigenvalue weighted by molar-refractivity contribution is 0.656. The minimum absolute atomic E-state index is 0.829. The summed E-state index contributed by atoms with van der Waals surface area (Å²) in [5.74, 6) is 0. The SMILES string of the molecule is C=C(C)c1ccc2oc3cc4oc5ccc(-c6ccc7c(c6)c6ccccc6n7-c6ccccc6)cc5c4cc3c2c1. The van der Waals surface area contributed by atoms with Crippen LogP contribution in [-0.2, 0) is 0 Å². The first-order valence-corrected chi connectivity index (χ1v) is 14.2. The molecule has 9 aromatic rings. The van der Waals surface area contributed by atoms with Gasteiger partial charge in [0.15, 0.2) is 0 Å². The van der Waals surface area contributed by atoms with Crippen molar-refractivity contribution in [3.05, 3.63) is 133 Å². The lowest BCUT2D eigenvalue weighted by Gasteiger charge is -2.08. The number of furan rings is 2. The highest BCUT2D eigenvalue weighted by molar-refractivity contribution is 6.16. The molecule has 0 saturated carbocycles. The van der Waals surface area contributed by atoms with E-state index >= 15 is 0 Å². The molecule has 0 aliphatic rings. The fraction of sp³-hybridized carbons (Fsp3) is 0.0256. The quantitative estimate of drug-likeness (QED) is 0.224. The van der Waals surface area contributed by atoms with Gasteiger partial charge in [-0.1, -0.05) is 66.7 Å². The zero-order valence-electron chi connectivity index (χ0n) is 23.0. The molecule has 0 atom stereocenters. The monoisotopic (exact) mass is 539 g/mol. The molecule has 42 heavy (non-hydrogen) atoms. The second-order valence-electron chi connectivity index (χ2n) is 11.2. The lowest BCUT2D eigenvalue weighted by atomic mass is 10.00. The van der Waals surface area contributed by atoms with Crippen molar-refractivity contribution in [2.45, 2.75) is 6.92 Å². The predicted molar refractivity (Wildman–Crippen MR) is 175 cm³/mol. The zero-order chi connectivity index (χ0) is 27.9. The Balaban J connectivity index is 1.25. The number of nitrogens with zero attached hydrogens (tertiary/aromatic N) is 1. The molecule has 0 fully saturated rings. The molecule has 3 nitrogen and oxygen atoms in total. The Morgan fingerprint density at radius 1 is 0.500 bits per heavy atom. The zero-order valence-corrected chi connectivity index (χ0v) is 23.0. The van der Waals surface area contributed by atoms with E-state index in [1.807, 2.05) is 19.1 Å². The van der Waals surface area contributed by atoms with Gasteiger partial charge in [0.05, 0.1) is 11.0 Å². The molecule has 6 aromatic carbocycles. The predicted octanol–water partition coefficient (Wildman–Crippen LogP) is 11.3. The van der Waals surface area contributed by atoms with Crippen LogP contribution in [0.1, 0.15) is 12.5 Å². The number of benzene rings is 6. The second kappa shape index (κ2) is 8.48. The van der Waals surface area contributed by atoms with E-state index in [4.69, 9.17) is 8.83 Å². The van der Waals surface area contributed by atoms with Crippen LogP contribution in [0.3, 0.4) is 0 Å². The van der Waals surface area contributed by atoms with E-state index in [9.17, 15) is 0 Å². The molecule has 0 bridgehead atoms. The molecule has 3 aromatic heterocycles. The van der Waals surface area contributed by atoms with E-state index in [0.29, 0.717) is 0 Å². The van der Waals surface area contributed by atoms with Gasteiger partial charge < -0.3 is 13.4 Å². The molecule has 0 aliphatic heterocycles. The Kier molecular flexibility index (Phi) is 4.68. The normalized spacial score (nSPS) is 12.0. The van der Waals surface area contributed by atoms with Crippen LogP contribution in [0, 0.1) is 0 Å². The average molecular weight is 540 g/mol. The highest BCUT2D eigenvalue weighted by atomic mass is 16.3. The van der Waals surface area contributed by atoms with Crippen LogP contribution in [-0.4, -0.2) is 4.57 Å². The third kappa shape index (κ3) is 3.28. The molecule has 0 unspecified atom stereocenters. The molecular weight excluding hydrogens is 514 g/mol. The molecule has 0 aliphatic carbocycles. The standard InChI is InChI=1S/C39H25NO2/c1-23(2)24-13-16-36-30(18-24)32-21-33-31-20-26(14-17-37(31)42-39(33)22-38(32)41-36)25-12-15-35-29(19-25)28-10-6-7-11-34(28)40(35)27-8-4-3-5-9-27/h3-22H,1H2,2H3. The van der Waals surface area contributed by atoms with Gasteiger partial charge in [-0.15, -0.1) is 0 Å². The largest absolute Gasteiger partial charge is 0.456 e. The number of allylic oxidation sites excluding steroid dienone is 1. The number of para-hydroxylation sites is 2. The Labute approximate surface area is 241 Å². The minimum atomic E-state index is 0.829. The summed E-state index contributed by atoms with van der Waals surface area (Å²) in [6.45, 7) is 6.15.